The first-order valence-corrected chi connectivity index (χ1v) is 9.19. The predicted octanol–water partition coefficient (Wildman–Crippen LogP) is 3.70. The van der Waals surface area contributed by atoms with E-state index in [0.717, 1.165) is 11.3 Å². The quantitative estimate of drug-likeness (QED) is 0.806. The third-order valence-electron chi connectivity index (χ3n) is 5.13. The van der Waals surface area contributed by atoms with Gasteiger partial charge in [0.2, 0.25) is 0 Å². The van der Waals surface area contributed by atoms with Gasteiger partial charge in [0.15, 0.2) is 0 Å². The van der Waals surface area contributed by atoms with Crippen LogP contribution in [-0.2, 0) is 4.79 Å². The lowest BCUT2D eigenvalue weighted by molar-refractivity contribution is -0.136. The highest BCUT2D eigenvalue weighted by Gasteiger charge is 2.54. The van der Waals surface area contributed by atoms with Crippen molar-refractivity contribution in [1.82, 2.24) is 5.32 Å². The molecule has 2 saturated carbocycles. The van der Waals surface area contributed by atoms with E-state index in [9.17, 15) is 9.59 Å². The first kappa shape index (κ1) is 16.4. The normalized spacial score (nSPS) is 23.3. The minimum atomic E-state index is -0.867. The van der Waals surface area contributed by atoms with Crippen LogP contribution in [0.4, 0.5) is 0 Å². The summed E-state index contributed by atoms with van der Waals surface area (Å²) < 4.78 is 0. The van der Waals surface area contributed by atoms with Gasteiger partial charge < -0.3 is 10.4 Å². The molecule has 1 spiro atoms. The second-order valence-electron chi connectivity index (χ2n) is 6.75. The molecule has 4 nitrogen and oxygen atoms in total. The summed E-state index contributed by atoms with van der Waals surface area (Å²) in [6.07, 6.45) is 7.41. The Morgan fingerprint density at radius 2 is 1.96 bits per heavy atom. The summed E-state index contributed by atoms with van der Waals surface area (Å²) in [5.74, 6) is -0.938. The Morgan fingerprint density at radius 3 is 2.65 bits per heavy atom. The van der Waals surface area contributed by atoms with Gasteiger partial charge in [0, 0.05) is 10.9 Å². The topological polar surface area (TPSA) is 66.4 Å². The first-order valence-electron chi connectivity index (χ1n) is 8.31. The zero-order valence-corrected chi connectivity index (χ0v) is 14.2. The molecule has 2 aliphatic carbocycles. The molecule has 2 fully saturated rings. The molecular formula is C18H23NO3S. The van der Waals surface area contributed by atoms with Crippen molar-refractivity contribution in [1.29, 1.82) is 0 Å². The number of carboxylic acid groups (broad SMARTS) is 1. The summed E-state index contributed by atoms with van der Waals surface area (Å²) in [5.41, 5.74) is 0.938. The number of hydrogen-bond donors (Lipinski definition) is 2. The molecule has 0 saturated heterocycles. The maximum Gasteiger partial charge on any atom is 0.316 e. The number of carboxylic acids is 1. The average molecular weight is 333 g/mol. The van der Waals surface area contributed by atoms with E-state index < -0.39 is 11.2 Å². The van der Waals surface area contributed by atoms with Crippen molar-refractivity contribution in [3.63, 3.8) is 0 Å². The summed E-state index contributed by atoms with van der Waals surface area (Å²) in [7, 11) is 0. The fourth-order valence-corrected chi connectivity index (χ4v) is 4.52. The maximum atomic E-state index is 12.6. The molecule has 2 unspecified atom stereocenters. The van der Waals surface area contributed by atoms with Crippen LogP contribution < -0.4 is 5.32 Å². The lowest BCUT2D eigenvalue weighted by Gasteiger charge is -2.22. The van der Waals surface area contributed by atoms with Crippen LogP contribution in [0, 0.1) is 5.41 Å². The zero-order chi connectivity index (χ0) is 16.4. The number of benzene rings is 1. The van der Waals surface area contributed by atoms with E-state index in [0.29, 0.717) is 17.0 Å². The fraction of sp³-hybridized carbons (Fsp3) is 0.556. The Kier molecular flexibility index (Phi) is 4.67. The van der Waals surface area contributed by atoms with Crippen molar-refractivity contribution in [2.45, 2.75) is 61.6 Å². The standard InChI is InChI=1S/C18H23NO3S/c1-12(17(21)22)23-14-8-4-3-7-13(14)16(20)19-15-11-18(15)9-5-2-6-10-18/h3-4,7-8,12,15H,2,5-6,9-11H2,1H3,(H,19,20)(H,21,22). The predicted molar refractivity (Wildman–Crippen MR) is 90.8 cm³/mol. The molecule has 0 aliphatic heterocycles. The van der Waals surface area contributed by atoms with E-state index in [2.05, 4.69) is 5.32 Å². The number of amides is 1. The Hall–Kier alpha value is -1.49. The fourth-order valence-electron chi connectivity index (χ4n) is 3.59. The van der Waals surface area contributed by atoms with Gasteiger partial charge >= 0.3 is 5.97 Å². The number of nitrogens with one attached hydrogen (secondary N) is 1. The average Bonchev–Trinajstić information content (AvgIpc) is 3.19. The van der Waals surface area contributed by atoms with Crippen molar-refractivity contribution in [2.24, 2.45) is 5.41 Å². The molecule has 3 rings (SSSR count). The van der Waals surface area contributed by atoms with E-state index in [4.69, 9.17) is 5.11 Å². The molecule has 0 radical (unpaired) electrons. The largest absolute Gasteiger partial charge is 0.480 e. The van der Waals surface area contributed by atoms with Crippen molar-refractivity contribution in [3.05, 3.63) is 29.8 Å². The summed E-state index contributed by atoms with van der Waals surface area (Å²) in [5, 5.41) is 11.7. The van der Waals surface area contributed by atoms with Crippen LogP contribution in [0.15, 0.2) is 29.2 Å². The van der Waals surface area contributed by atoms with E-state index in [1.165, 1.54) is 43.9 Å². The highest BCUT2D eigenvalue weighted by molar-refractivity contribution is 8.00. The Balaban J connectivity index is 1.67. The summed E-state index contributed by atoms with van der Waals surface area (Å²) in [6, 6.07) is 7.57. The van der Waals surface area contributed by atoms with Gasteiger partial charge in [-0.2, -0.15) is 0 Å². The Labute approximate surface area is 141 Å². The molecule has 2 atom stereocenters. The minimum Gasteiger partial charge on any atom is -0.480 e. The number of carbonyl (C=O) groups is 2. The third kappa shape index (κ3) is 3.55. The number of rotatable bonds is 5. The number of aliphatic carboxylic acids is 1. The Bertz CT molecular complexity index is 610. The third-order valence-corrected chi connectivity index (χ3v) is 6.29. The molecule has 1 aromatic carbocycles. The lowest BCUT2D eigenvalue weighted by atomic mass is 9.86. The number of hydrogen-bond acceptors (Lipinski definition) is 3. The van der Waals surface area contributed by atoms with Crippen LogP contribution in [-0.4, -0.2) is 28.3 Å². The first-order chi connectivity index (χ1) is 11.0. The van der Waals surface area contributed by atoms with Crippen molar-refractivity contribution >= 4 is 23.6 Å². The molecule has 0 heterocycles. The molecular weight excluding hydrogens is 310 g/mol. The molecule has 23 heavy (non-hydrogen) atoms. The maximum absolute atomic E-state index is 12.6. The summed E-state index contributed by atoms with van der Waals surface area (Å²) in [4.78, 5) is 24.4. The highest BCUT2D eigenvalue weighted by atomic mass is 32.2. The lowest BCUT2D eigenvalue weighted by Crippen LogP contribution is -2.31. The van der Waals surface area contributed by atoms with Crippen molar-refractivity contribution in [2.75, 3.05) is 0 Å². The Morgan fingerprint density at radius 1 is 1.26 bits per heavy atom. The molecule has 0 aromatic heterocycles. The van der Waals surface area contributed by atoms with Crippen LogP contribution in [0.5, 0.6) is 0 Å². The zero-order valence-electron chi connectivity index (χ0n) is 13.4. The molecule has 1 amide bonds. The smallest absolute Gasteiger partial charge is 0.316 e. The van der Waals surface area contributed by atoms with Gasteiger partial charge in [-0.1, -0.05) is 31.4 Å². The van der Waals surface area contributed by atoms with E-state index >= 15 is 0 Å². The van der Waals surface area contributed by atoms with Crippen LogP contribution in [0.1, 0.15) is 55.8 Å². The van der Waals surface area contributed by atoms with Crippen molar-refractivity contribution < 1.29 is 14.7 Å². The molecule has 5 heteroatoms. The highest BCUT2D eigenvalue weighted by Crippen LogP contribution is 2.56. The van der Waals surface area contributed by atoms with Gasteiger partial charge in [0.25, 0.3) is 5.91 Å². The number of carbonyl (C=O) groups excluding carboxylic acids is 1. The second kappa shape index (κ2) is 6.56. The molecule has 1 aromatic rings. The van der Waals surface area contributed by atoms with E-state index in [1.54, 1.807) is 13.0 Å². The van der Waals surface area contributed by atoms with E-state index in [-0.39, 0.29) is 5.91 Å². The SMILES string of the molecule is CC(Sc1ccccc1C(=O)NC1CC12CCCCC2)C(=O)O. The van der Waals surface area contributed by atoms with Crippen LogP contribution in [0.25, 0.3) is 0 Å². The van der Waals surface area contributed by atoms with Crippen LogP contribution in [0.3, 0.4) is 0 Å². The molecule has 2 N–H and O–H groups in total. The second-order valence-corrected chi connectivity index (χ2v) is 8.13. The van der Waals surface area contributed by atoms with Gasteiger partial charge in [0.1, 0.15) is 5.25 Å². The summed E-state index contributed by atoms with van der Waals surface area (Å²) in [6.45, 7) is 1.64. The van der Waals surface area contributed by atoms with Crippen molar-refractivity contribution in [3.8, 4) is 0 Å². The summed E-state index contributed by atoms with van der Waals surface area (Å²) >= 11 is 1.22. The van der Waals surface area contributed by atoms with Crippen LogP contribution in [0.2, 0.25) is 0 Å². The van der Waals surface area contributed by atoms with E-state index in [1.807, 2.05) is 18.2 Å². The van der Waals surface area contributed by atoms with Gasteiger partial charge in [0.05, 0.1) is 5.56 Å². The van der Waals surface area contributed by atoms with Crippen LogP contribution >= 0.6 is 11.8 Å². The molecule has 2 aliphatic rings. The van der Waals surface area contributed by atoms with Gasteiger partial charge in [-0.15, -0.1) is 11.8 Å². The number of thioether (sulfide) groups is 1. The molecule has 0 bridgehead atoms. The van der Waals surface area contributed by atoms with Gasteiger partial charge in [-0.3, -0.25) is 9.59 Å². The molecule has 124 valence electrons. The van der Waals surface area contributed by atoms with Gasteiger partial charge in [-0.05, 0) is 43.7 Å². The van der Waals surface area contributed by atoms with Gasteiger partial charge in [-0.25, -0.2) is 0 Å². The minimum absolute atomic E-state index is 0.0712. The monoisotopic (exact) mass is 333 g/mol.